The molecule has 0 radical (unpaired) electrons. The van der Waals surface area contributed by atoms with Gasteiger partial charge in [0.2, 0.25) is 10.0 Å². The predicted molar refractivity (Wildman–Crippen MR) is 99.9 cm³/mol. The van der Waals surface area contributed by atoms with Gasteiger partial charge in [0.25, 0.3) is 0 Å². The third kappa shape index (κ3) is 4.43. The fourth-order valence-corrected chi connectivity index (χ4v) is 4.66. The second-order valence-electron chi connectivity index (χ2n) is 6.47. The maximum Gasteiger partial charge on any atom is 0.243 e. The quantitative estimate of drug-likeness (QED) is 0.730. The van der Waals surface area contributed by atoms with Crippen LogP contribution < -0.4 is 9.47 Å². The third-order valence-electron chi connectivity index (χ3n) is 4.66. The Morgan fingerprint density at radius 1 is 0.893 bits per heavy atom. The van der Waals surface area contributed by atoms with Crippen LogP contribution in [0.15, 0.2) is 41.3 Å². The molecule has 1 heterocycles. The number of sulfonamides is 1. The molecule has 2 aromatic carbocycles. The smallest absolute Gasteiger partial charge is 0.243 e. The summed E-state index contributed by atoms with van der Waals surface area (Å²) in [6.07, 6.45) is 0. The summed E-state index contributed by atoms with van der Waals surface area (Å²) in [4.78, 5) is 1.75. The second-order valence-corrected chi connectivity index (χ2v) is 8.41. The molecule has 9 heteroatoms. The molecule has 0 atom stereocenters. The van der Waals surface area contributed by atoms with Gasteiger partial charge < -0.3 is 9.47 Å². The largest absolute Gasteiger partial charge is 0.493 e. The van der Waals surface area contributed by atoms with E-state index in [0.717, 1.165) is 17.7 Å². The molecular formula is C19H22F2N2O4S. The van der Waals surface area contributed by atoms with E-state index in [1.165, 1.54) is 4.31 Å². The van der Waals surface area contributed by atoms with E-state index in [1.807, 2.05) is 18.2 Å². The van der Waals surface area contributed by atoms with E-state index in [-0.39, 0.29) is 18.0 Å². The lowest BCUT2D eigenvalue weighted by atomic mass is 10.1. The van der Waals surface area contributed by atoms with Gasteiger partial charge in [0.1, 0.15) is 11.6 Å². The van der Waals surface area contributed by atoms with Crippen molar-refractivity contribution in [3.05, 3.63) is 53.6 Å². The van der Waals surface area contributed by atoms with Gasteiger partial charge in [-0.1, -0.05) is 6.07 Å². The number of nitrogens with zero attached hydrogens (tertiary/aromatic N) is 2. The number of methoxy groups -OCH3 is 2. The number of ether oxygens (including phenoxy) is 2. The molecule has 28 heavy (non-hydrogen) atoms. The van der Waals surface area contributed by atoms with Gasteiger partial charge in [-0.2, -0.15) is 4.31 Å². The van der Waals surface area contributed by atoms with E-state index in [9.17, 15) is 17.2 Å². The molecule has 0 saturated carbocycles. The van der Waals surface area contributed by atoms with Crippen LogP contribution in [0.4, 0.5) is 8.78 Å². The van der Waals surface area contributed by atoms with Crippen molar-refractivity contribution in [1.29, 1.82) is 0 Å². The van der Waals surface area contributed by atoms with Crippen LogP contribution in [0, 0.1) is 11.6 Å². The number of piperazine rings is 1. The van der Waals surface area contributed by atoms with E-state index in [4.69, 9.17) is 9.47 Å². The Kier molecular flexibility index (Phi) is 6.17. The Morgan fingerprint density at radius 2 is 1.50 bits per heavy atom. The Balaban J connectivity index is 1.66. The summed E-state index contributed by atoms with van der Waals surface area (Å²) in [5.74, 6) is -0.546. The van der Waals surface area contributed by atoms with Crippen molar-refractivity contribution in [3.63, 3.8) is 0 Å². The van der Waals surface area contributed by atoms with Crippen LogP contribution in [0.5, 0.6) is 11.5 Å². The van der Waals surface area contributed by atoms with Gasteiger partial charge in [0.05, 0.1) is 19.1 Å². The van der Waals surface area contributed by atoms with Crippen molar-refractivity contribution in [1.82, 2.24) is 9.21 Å². The van der Waals surface area contributed by atoms with Crippen molar-refractivity contribution in [2.24, 2.45) is 0 Å². The maximum absolute atomic E-state index is 13.4. The second kappa shape index (κ2) is 8.42. The molecule has 1 fully saturated rings. The highest BCUT2D eigenvalue weighted by molar-refractivity contribution is 7.89. The summed E-state index contributed by atoms with van der Waals surface area (Å²) in [5.41, 5.74) is 1.01. The van der Waals surface area contributed by atoms with E-state index >= 15 is 0 Å². The zero-order valence-corrected chi connectivity index (χ0v) is 16.5. The molecule has 6 nitrogen and oxygen atoms in total. The van der Waals surface area contributed by atoms with Crippen LogP contribution in [-0.4, -0.2) is 58.0 Å². The highest BCUT2D eigenvalue weighted by atomic mass is 32.2. The number of halogens is 2. The minimum atomic E-state index is -3.93. The minimum absolute atomic E-state index is 0.244. The Labute approximate surface area is 163 Å². The zero-order valence-electron chi connectivity index (χ0n) is 15.7. The Morgan fingerprint density at radius 3 is 2.07 bits per heavy atom. The highest BCUT2D eigenvalue weighted by Gasteiger charge is 2.29. The molecule has 152 valence electrons. The summed E-state index contributed by atoms with van der Waals surface area (Å²) in [7, 11) is -0.792. The van der Waals surface area contributed by atoms with E-state index in [0.29, 0.717) is 37.2 Å². The van der Waals surface area contributed by atoms with Crippen LogP contribution in [0.1, 0.15) is 5.56 Å². The maximum atomic E-state index is 13.4. The van der Waals surface area contributed by atoms with Crippen LogP contribution in [0.25, 0.3) is 0 Å². The van der Waals surface area contributed by atoms with Crippen molar-refractivity contribution in [2.45, 2.75) is 11.4 Å². The Hall–Kier alpha value is -2.23. The molecule has 1 aliphatic heterocycles. The number of benzene rings is 2. The van der Waals surface area contributed by atoms with E-state index in [1.54, 1.807) is 14.2 Å². The zero-order chi connectivity index (χ0) is 20.3. The predicted octanol–water partition coefficient (Wildman–Crippen LogP) is 2.49. The molecule has 3 rings (SSSR count). The van der Waals surface area contributed by atoms with Crippen molar-refractivity contribution >= 4 is 10.0 Å². The van der Waals surface area contributed by atoms with Gasteiger partial charge in [0.15, 0.2) is 11.5 Å². The Bertz CT molecular complexity index is 925. The molecule has 1 saturated heterocycles. The van der Waals surface area contributed by atoms with Crippen molar-refractivity contribution in [2.75, 3.05) is 40.4 Å². The molecule has 0 aromatic heterocycles. The molecule has 2 aromatic rings. The minimum Gasteiger partial charge on any atom is -0.493 e. The van der Waals surface area contributed by atoms with Gasteiger partial charge in [-0.05, 0) is 29.8 Å². The van der Waals surface area contributed by atoms with Gasteiger partial charge in [-0.25, -0.2) is 17.2 Å². The van der Waals surface area contributed by atoms with E-state index < -0.39 is 21.7 Å². The molecule has 0 bridgehead atoms. The summed E-state index contributed by atoms with van der Waals surface area (Å²) in [6.45, 7) is 2.13. The average molecular weight is 412 g/mol. The first-order valence-corrected chi connectivity index (χ1v) is 10.2. The van der Waals surface area contributed by atoms with Crippen LogP contribution in [0.3, 0.4) is 0 Å². The van der Waals surface area contributed by atoms with Crippen molar-refractivity contribution < 1.29 is 26.7 Å². The standard InChI is InChI=1S/C19H22F2N2O4S/c1-26-18-4-3-14(9-19(18)27-2)13-22-5-7-23(8-6-22)28(24,25)17-11-15(20)10-16(21)12-17/h3-4,9-12H,5-8,13H2,1-2H3. The van der Waals surface area contributed by atoms with Crippen LogP contribution in [-0.2, 0) is 16.6 Å². The molecule has 0 spiro atoms. The van der Waals surface area contributed by atoms with Crippen LogP contribution in [0.2, 0.25) is 0 Å². The van der Waals surface area contributed by atoms with Gasteiger partial charge >= 0.3 is 0 Å². The summed E-state index contributed by atoms with van der Waals surface area (Å²) < 4.78 is 63.9. The monoisotopic (exact) mass is 412 g/mol. The lowest BCUT2D eigenvalue weighted by molar-refractivity contribution is 0.181. The topological polar surface area (TPSA) is 59.1 Å². The van der Waals surface area contributed by atoms with E-state index in [2.05, 4.69) is 4.90 Å². The normalized spacial score (nSPS) is 16.1. The number of hydrogen-bond donors (Lipinski definition) is 0. The first-order chi connectivity index (χ1) is 13.3. The third-order valence-corrected chi connectivity index (χ3v) is 6.54. The van der Waals surface area contributed by atoms with Gasteiger partial charge in [0, 0.05) is 38.8 Å². The van der Waals surface area contributed by atoms with Gasteiger partial charge in [-0.3, -0.25) is 4.90 Å². The molecule has 0 N–H and O–H groups in total. The summed E-state index contributed by atoms with van der Waals surface area (Å²) >= 11 is 0. The molecule has 0 unspecified atom stereocenters. The first kappa shape index (κ1) is 20.5. The fraction of sp³-hybridized carbons (Fsp3) is 0.368. The molecule has 0 amide bonds. The lowest BCUT2D eigenvalue weighted by Gasteiger charge is -2.34. The molecule has 0 aliphatic carbocycles. The average Bonchev–Trinajstić information content (AvgIpc) is 2.67. The number of hydrogen-bond acceptors (Lipinski definition) is 5. The SMILES string of the molecule is COc1ccc(CN2CCN(S(=O)(=O)c3cc(F)cc(F)c3)CC2)cc1OC. The number of rotatable bonds is 6. The summed E-state index contributed by atoms with van der Waals surface area (Å²) in [5, 5.41) is 0. The fourth-order valence-electron chi connectivity index (χ4n) is 3.19. The van der Waals surface area contributed by atoms with Gasteiger partial charge in [-0.15, -0.1) is 0 Å². The lowest BCUT2D eigenvalue weighted by Crippen LogP contribution is -2.48. The molecule has 1 aliphatic rings. The summed E-state index contributed by atoms with van der Waals surface area (Å²) in [6, 6.07) is 7.98. The first-order valence-electron chi connectivity index (χ1n) is 8.73. The highest BCUT2D eigenvalue weighted by Crippen LogP contribution is 2.28. The molecular weight excluding hydrogens is 390 g/mol. The van der Waals surface area contributed by atoms with Crippen LogP contribution >= 0.6 is 0 Å². The van der Waals surface area contributed by atoms with Crippen molar-refractivity contribution in [3.8, 4) is 11.5 Å².